The van der Waals surface area contributed by atoms with Crippen molar-refractivity contribution in [3.05, 3.63) is 78.0 Å². The summed E-state index contributed by atoms with van der Waals surface area (Å²) in [4.78, 5) is 12.8. The smallest absolute Gasteiger partial charge is 0.259 e. The van der Waals surface area contributed by atoms with E-state index in [2.05, 4.69) is 15.5 Å². The highest BCUT2D eigenvalue weighted by atomic mass is 16.5. The summed E-state index contributed by atoms with van der Waals surface area (Å²) < 4.78 is 7.01. The summed E-state index contributed by atoms with van der Waals surface area (Å²) in [6, 6.07) is 18.8. The number of rotatable bonds is 4. The predicted molar refractivity (Wildman–Crippen MR) is 104 cm³/mol. The van der Waals surface area contributed by atoms with Gasteiger partial charge in [0.15, 0.2) is 11.5 Å². The second-order valence-electron chi connectivity index (χ2n) is 6.14. The second-order valence-corrected chi connectivity index (χ2v) is 6.14. The lowest BCUT2D eigenvalue weighted by atomic mass is 10.1. The van der Waals surface area contributed by atoms with Crippen LogP contribution in [0.1, 0.15) is 15.9 Å². The first kappa shape index (κ1) is 16.8. The molecule has 0 radical (unpaired) electrons. The van der Waals surface area contributed by atoms with Crippen LogP contribution in [0.5, 0.6) is 5.75 Å². The lowest BCUT2D eigenvalue weighted by molar-refractivity contribution is 0.102. The SMILES string of the molecule is COc1ccc(-c2nnc3c(C(=O)Nc4ccccc4C)cccn23)cc1. The quantitative estimate of drug-likeness (QED) is 0.599. The zero-order chi connectivity index (χ0) is 18.8. The minimum Gasteiger partial charge on any atom is -0.497 e. The number of carbonyl (C=O) groups excluding carboxylic acids is 1. The van der Waals surface area contributed by atoms with Gasteiger partial charge in [-0.1, -0.05) is 18.2 Å². The van der Waals surface area contributed by atoms with Crippen molar-refractivity contribution >= 4 is 17.2 Å². The first-order valence-corrected chi connectivity index (χ1v) is 8.52. The summed E-state index contributed by atoms with van der Waals surface area (Å²) >= 11 is 0. The van der Waals surface area contributed by atoms with Crippen molar-refractivity contribution < 1.29 is 9.53 Å². The van der Waals surface area contributed by atoms with Gasteiger partial charge in [0.2, 0.25) is 0 Å². The topological polar surface area (TPSA) is 68.5 Å². The molecule has 0 fully saturated rings. The fourth-order valence-corrected chi connectivity index (χ4v) is 2.93. The average molecular weight is 358 g/mol. The van der Waals surface area contributed by atoms with E-state index in [1.165, 1.54) is 0 Å². The molecule has 0 aliphatic rings. The molecule has 0 spiro atoms. The fourth-order valence-electron chi connectivity index (χ4n) is 2.93. The third kappa shape index (κ3) is 3.13. The number of fused-ring (bicyclic) bond motifs is 1. The number of aromatic nitrogens is 3. The summed E-state index contributed by atoms with van der Waals surface area (Å²) in [5.74, 6) is 1.22. The Labute approximate surface area is 156 Å². The van der Waals surface area contributed by atoms with Gasteiger partial charge < -0.3 is 10.1 Å². The van der Waals surface area contributed by atoms with E-state index in [1.807, 2.05) is 72.1 Å². The minimum absolute atomic E-state index is 0.219. The maximum atomic E-state index is 12.8. The van der Waals surface area contributed by atoms with Crippen molar-refractivity contribution in [3.63, 3.8) is 0 Å². The molecule has 1 amide bonds. The van der Waals surface area contributed by atoms with E-state index >= 15 is 0 Å². The highest BCUT2D eigenvalue weighted by molar-refractivity contribution is 6.08. The van der Waals surface area contributed by atoms with Crippen LogP contribution in [-0.2, 0) is 0 Å². The number of para-hydroxylation sites is 1. The van der Waals surface area contributed by atoms with E-state index in [4.69, 9.17) is 4.74 Å². The van der Waals surface area contributed by atoms with Crippen LogP contribution in [-0.4, -0.2) is 27.6 Å². The number of pyridine rings is 1. The third-order valence-corrected chi connectivity index (χ3v) is 4.42. The Kier molecular flexibility index (Phi) is 4.30. The molecule has 6 nitrogen and oxygen atoms in total. The molecular formula is C21H18N4O2. The molecule has 27 heavy (non-hydrogen) atoms. The number of nitrogens with one attached hydrogen (secondary N) is 1. The van der Waals surface area contributed by atoms with Crippen LogP contribution in [0, 0.1) is 6.92 Å². The van der Waals surface area contributed by atoms with Gasteiger partial charge in [-0.2, -0.15) is 0 Å². The number of methoxy groups -OCH3 is 1. The Hall–Kier alpha value is -3.67. The van der Waals surface area contributed by atoms with Crippen molar-refractivity contribution in [2.75, 3.05) is 12.4 Å². The second kappa shape index (κ2) is 6.92. The maximum absolute atomic E-state index is 12.8. The van der Waals surface area contributed by atoms with Gasteiger partial charge in [-0.15, -0.1) is 10.2 Å². The molecule has 134 valence electrons. The van der Waals surface area contributed by atoms with E-state index < -0.39 is 0 Å². The Balaban J connectivity index is 1.72. The van der Waals surface area contributed by atoms with Crippen LogP contribution < -0.4 is 10.1 Å². The summed E-state index contributed by atoms with van der Waals surface area (Å²) in [7, 11) is 1.63. The Morgan fingerprint density at radius 1 is 1.00 bits per heavy atom. The molecule has 2 heterocycles. The molecule has 0 unspecified atom stereocenters. The molecule has 6 heteroatoms. The van der Waals surface area contributed by atoms with E-state index in [9.17, 15) is 4.79 Å². The standard InChI is InChI=1S/C21H18N4O2/c1-14-6-3-4-8-18(14)22-21(26)17-7-5-13-25-19(23-24-20(17)25)15-9-11-16(27-2)12-10-15/h3-13H,1-2H3,(H,22,26). The summed E-state index contributed by atoms with van der Waals surface area (Å²) in [5.41, 5.74) is 3.64. The number of aryl methyl sites for hydroxylation is 1. The predicted octanol–water partition coefficient (Wildman–Crippen LogP) is 3.97. The number of amides is 1. The fraction of sp³-hybridized carbons (Fsp3) is 0.0952. The summed E-state index contributed by atoms with van der Waals surface area (Å²) in [5, 5.41) is 11.5. The largest absolute Gasteiger partial charge is 0.497 e. The molecule has 0 saturated heterocycles. The van der Waals surface area contributed by atoms with Crippen molar-refractivity contribution in [2.45, 2.75) is 6.92 Å². The highest BCUT2D eigenvalue weighted by Crippen LogP contribution is 2.23. The van der Waals surface area contributed by atoms with E-state index in [0.717, 1.165) is 22.6 Å². The van der Waals surface area contributed by atoms with Gasteiger partial charge in [0, 0.05) is 17.4 Å². The van der Waals surface area contributed by atoms with Crippen LogP contribution in [0.3, 0.4) is 0 Å². The van der Waals surface area contributed by atoms with Crippen LogP contribution in [0.4, 0.5) is 5.69 Å². The number of ether oxygens (including phenoxy) is 1. The monoisotopic (exact) mass is 358 g/mol. The molecule has 1 N–H and O–H groups in total. The first-order chi connectivity index (χ1) is 13.2. The summed E-state index contributed by atoms with van der Waals surface area (Å²) in [6.07, 6.45) is 1.85. The van der Waals surface area contributed by atoms with Crippen LogP contribution in [0.2, 0.25) is 0 Å². The third-order valence-electron chi connectivity index (χ3n) is 4.42. The number of benzene rings is 2. The summed E-state index contributed by atoms with van der Waals surface area (Å²) in [6.45, 7) is 1.95. The maximum Gasteiger partial charge on any atom is 0.259 e. The van der Waals surface area contributed by atoms with E-state index in [-0.39, 0.29) is 5.91 Å². The zero-order valence-corrected chi connectivity index (χ0v) is 15.0. The van der Waals surface area contributed by atoms with Crippen molar-refractivity contribution in [2.24, 2.45) is 0 Å². The van der Waals surface area contributed by atoms with Gasteiger partial charge in [-0.05, 0) is 55.0 Å². The molecule has 4 rings (SSSR count). The Bertz CT molecular complexity index is 1120. The molecule has 0 atom stereocenters. The number of nitrogens with zero attached hydrogens (tertiary/aromatic N) is 3. The molecule has 4 aromatic rings. The van der Waals surface area contributed by atoms with Crippen molar-refractivity contribution in [1.82, 2.24) is 14.6 Å². The van der Waals surface area contributed by atoms with Crippen LogP contribution in [0.25, 0.3) is 17.0 Å². The van der Waals surface area contributed by atoms with E-state index in [1.54, 1.807) is 13.2 Å². The van der Waals surface area contributed by atoms with Gasteiger partial charge in [0.25, 0.3) is 5.91 Å². The molecule has 0 aliphatic carbocycles. The Morgan fingerprint density at radius 3 is 2.52 bits per heavy atom. The van der Waals surface area contributed by atoms with Crippen LogP contribution in [0.15, 0.2) is 66.9 Å². The molecule has 2 aromatic heterocycles. The van der Waals surface area contributed by atoms with Crippen molar-refractivity contribution in [3.8, 4) is 17.1 Å². The number of hydrogen-bond acceptors (Lipinski definition) is 4. The molecule has 0 bridgehead atoms. The van der Waals surface area contributed by atoms with Crippen molar-refractivity contribution in [1.29, 1.82) is 0 Å². The Morgan fingerprint density at radius 2 is 1.78 bits per heavy atom. The lowest BCUT2D eigenvalue weighted by Gasteiger charge is -2.09. The first-order valence-electron chi connectivity index (χ1n) is 8.52. The van der Waals surface area contributed by atoms with Crippen LogP contribution >= 0.6 is 0 Å². The molecule has 0 saturated carbocycles. The van der Waals surface area contributed by atoms with Gasteiger partial charge >= 0.3 is 0 Å². The highest BCUT2D eigenvalue weighted by Gasteiger charge is 2.16. The van der Waals surface area contributed by atoms with Gasteiger partial charge in [0.1, 0.15) is 5.75 Å². The number of hydrogen-bond donors (Lipinski definition) is 1. The normalized spacial score (nSPS) is 10.7. The number of carbonyl (C=O) groups is 1. The number of anilines is 1. The minimum atomic E-state index is -0.219. The molecule has 2 aromatic carbocycles. The van der Waals surface area contributed by atoms with Gasteiger partial charge in [-0.3, -0.25) is 9.20 Å². The molecular weight excluding hydrogens is 340 g/mol. The van der Waals surface area contributed by atoms with E-state index in [0.29, 0.717) is 17.0 Å². The average Bonchev–Trinajstić information content (AvgIpc) is 3.14. The molecule has 0 aliphatic heterocycles. The lowest BCUT2D eigenvalue weighted by Crippen LogP contribution is -2.14. The van der Waals surface area contributed by atoms with Gasteiger partial charge in [-0.25, -0.2) is 0 Å². The zero-order valence-electron chi connectivity index (χ0n) is 15.0. The van der Waals surface area contributed by atoms with Gasteiger partial charge in [0.05, 0.1) is 12.7 Å².